The first-order valence-corrected chi connectivity index (χ1v) is 12.4. The standard InChI is InChI=1S/C21H29FN4O4S/c22-17-6-8-18(9-7-17)31(29,30)25-13-5-12-24(14-15-25)16-26-19(27)21(23-20(26)28)10-3-1-2-4-11-21/h6-9H,1-5,10-16H2,(H,23,28). The molecule has 1 N–H and O–H groups in total. The quantitative estimate of drug-likeness (QED) is 0.707. The van der Waals surface area contributed by atoms with Gasteiger partial charge < -0.3 is 5.32 Å². The van der Waals surface area contributed by atoms with Crippen LogP contribution >= 0.6 is 0 Å². The molecule has 2 heterocycles. The fraction of sp³-hybridized carbons (Fsp3) is 0.619. The summed E-state index contributed by atoms with van der Waals surface area (Å²) in [6, 6.07) is 4.46. The highest BCUT2D eigenvalue weighted by atomic mass is 32.2. The number of imide groups is 1. The lowest BCUT2D eigenvalue weighted by Crippen LogP contribution is -2.47. The number of hydrogen-bond acceptors (Lipinski definition) is 5. The highest BCUT2D eigenvalue weighted by molar-refractivity contribution is 7.89. The summed E-state index contributed by atoms with van der Waals surface area (Å²) in [4.78, 5) is 29.0. The third-order valence-electron chi connectivity index (χ3n) is 6.54. The Morgan fingerprint density at radius 3 is 2.26 bits per heavy atom. The van der Waals surface area contributed by atoms with Crippen LogP contribution in [-0.2, 0) is 14.8 Å². The lowest BCUT2D eigenvalue weighted by molar-refractivity contribution is -0.133. The van der Waals surface area contributed by atoms with Crippen LogP contribution in [0.15, 0.2) is 29.2 Å². The second-order valence-electron chi connectivity index (χ2n) is 8.63. The average molecular weight is 453 g/mol. The predicted molar refractivity (Wildman–Crippen MR) is 112 cm³/mol. The van der Waals surface area contributed by atoms with E-state index in [1.165, 1.54) is 21.3 Å². The van der Waals surface area contributed by atoms with Crippen LogP contribution in [0.3, 0.4) is 0 Å². The Hall–Kier alpha value is -2.04. The molecule has 0 radical (unpaired) electrons. The van der Waals surface area contributed by atoms with Gasteiger partial charge in [0.1, 0.15) is 11.4 Å². The Kier molecular flexibility index (Phi) is 6.32. The summed E-state index contributed by atoms with van der Waals surface area (Å²) < 4.78 is 40.3. The van der Waals surface area contributed by atoms with Crippen LogP contribution < -0.4 is 5.32 Å². The molecule has 170 valence electrons. The number of urea groups is 1. The Morgan fingerprint density at radius 2 is 1.58 bits per heavy atom. The zero-order valence-corrected chi connectivity index (χ0v) is 18.4. The lowest BCUT2D eigenvalue weighted by Gasteiger charge is -2.27. The highest BCUT2D eigenvalue weighted by Gasteiger charge is 2.51. The number of carbonyl (C=O) groups excluding carboxylic acids is 2. The van der Waals surface area contributed by atoms with Crippen molar-refractivity contribution in [3.05, 3.63) is 30.1 Å². The molecule has 1 aliphatic carbocycles. The van der Waals surface area contributed by atoms with Gasteiger partial charge in [-0.25, -0.2) is 22.5 Å². The number of sulfonamides is 1. The Labute approximate surface area is 182 Å². The second kappa shape index (κ2) is 8.84. The number of hydrogen-bond donors (Lipinski definition) is 1. The first-order chi connectivity index (χ1) is 14.8. The fourth-order valence-corrected chi connectivity index (χ4v) is 6.23. The smallest absolute Gasteiger partial charge is 0.323 e. The maximum Gasteiger partial charge on any atom is 0.326 e. The minimum Gasteiger partial charge on any atom is -0.323 e. The third kappa shape index (κ3) is 4.47. The van der Waals surface area contributed by atoms with Gasteiger partial charge in [0.05, 0.1) is 11.6 Å². The molecule has 1 spiro atoms. The number of halogens is 1. The zero-order valence-electron chi connectivity index (χ0n) is 17.6. The topological polar surface area (TPSA) is 90.0 Å². The summed E-state index contributed by atoms with van der Waals surface area (Å²) in [5.41, 5.74) is -0.766. The predicted octanol–water partition coefficient (Wildman–Crippen LogP) is 2.12. The van der Waals surface area contributed by atoms with Gasteiger partial charge in [-0.1, -0.05) is 25.7 Å². The van der Waals surface area contributed by atoms with E-state index >= 15 is 0 Å². The molecule has 10 heteroatoms. The van der Waals surface area contributed by atoms with Gasteiger partial charge in [-0.2, -0.15) is 4.31 Å². The van der Waals surface area contributed by atoms with E-state index in [0.29, 0.717) is 38.9 Å². The van der Waals surface area contributed by atoms with E-state index in [1.54, 1.807) is 0 Å². The average Bonchev–Trinajstić information content (AvgIpc) is 3.01. The largest absolute Gasteiger partial charge is 0.326 e. The van der Waals surface area contributed by atoms with Gasteiger partial charge in [0, 0.05) is 26.2 Å². The van der Waals surface area contributed by atoms with Gasteiger partial charge in [0.25, 0.3) is 5.91 Å². The minimum absolute atomic E-state index is 0.0618. The molecule has 8 nitrogen and oxygen atoms in total. The van der Waals surface area contributed by atoms with Crippen LogP contribution in [0.25, 0.3) is 0 Å². The van der Waals surface area contributed by atoms with Crippen molar-refractivity contribution in [3.63, 3.8) is 0 Å². The summed E-state index contributed by atoms with van der Waals surface area (Å²) in [5.74, 6) is -0.638. The highest BCUT2D eigenvalue weighted by Crippen LogP contribution is 2.33. The van der Waals surface area contributed by atoms with Gasteiger partial charge in [-0.15, -0.1) is 0 Å². The molecule has 4 rings (SSSR count). The van der Waals surface area contributed by atoms with Gasteiger partial charge >= 0.3 is 6.03 Å². The van der Waals surface area contributed by atoms with E-state index in [9.17, 15) is 22.4 Å². The van der Waals surface area contributed by atoms with Gasteiger partial charge in [0.15, 0.2) is 0 Å². The molecule has 1 aromatic rings. The molecule has 2 saturated heterocycles. The molecule has 0 bridgehead atoms. The fourth-order valence-electron chi connectivity index (χ4n) is 4.76. The molecule has 0 aromatic heterocycles. The number of benzene rings is 1. The van der Waals surface area contributed by atoms with Crippen molar-refractivity contribution in [3.8, 4) is 0 Å². The van der Waals surface area contributed by atoms with Crippen molar-refractivity contribution in [2.45, 2.75) is 55.4 Å². The minimum atomic E-state index is -3.72. The van der Waals surface area contributed by atoms with E-state index in [1.807, 2.05) is 4.90 Å². The maximum atomic E-state index is 13.2. The molecular weight excluding hydrogens is 423 g/mol. The van der Waals surface area contributed by atoms with Crippen molar-refractivity contribution in [2.24, 2.45) is 0 Å². The number of nitrogens with zero attached hydrogens (tertiary/aromatic N) is 3. The molecular formula is C21H29FN4O4S. The molecule has 3 fully saturated rings. The van der Waals surface area contributed by atoms with E-state index in [-0.39, 0.29) is 30.0 Å². The molecule has 2 aliphatic heterocycles. The SMILES string of the molecule is O=C1NC2(CCCCCC2)C(=O)N1CN1CCCN(S(=O)(=O)c2ccc(F)cc2)CC1. The third-order valence-corrected chi connectivity index (χ3v) is 8.46. The summed E-state index contributed by atoms with van der Waals surface area (Å²) >= 11 is 0. The summed E-state index contributed by atoms with van der Waals surface area (Å²) in [7, 11) is -3.72. The monoisotopic (exact) mass is 452 g/mol. The normalized spacial score (nSPS) is 23.6. The molecule has 0 atom stereocenters. The number of amides is 3. The summed E-state index contributed by atoms with van der Waals surface area (Å²) in [5, 5.41) is 2.95. The van der Waals surface area contributed by atoms with Crippen molar-refractivity contribution < 1.29 is 22.4 Å². The lowest BCUT2D eigenvalue weighted by atomic mass is 9.90. The van der Waals surface area contributed by atoms with Crippen molar-refractivity contribution in [2.75, 3.05) is 32.8 Å². The second-order valence-corrected chi connectivity index (χ2v) is 10.6. The molecule has 1 aromatic carbocycles. The zero-order chi connectivity index (χ0) is 22.1. The number of carbonyl (C=O) groups is 2. The molecule has 3 amide bonds. The van der Waals surface area contributed by atoms with Crippen LogP contribution in [0.5, 0.6) is 0 Å². The van der Waals surface area contributed by atoms with E-state index in [4.69, 9.17) is 0 Å². The van der Waals surface area contributed by atoms with E-state index < -0.39 is 21.4 Å². The van der Waals surface area contributed by atoms with Crippen LogP contribution in [0.2, 0.25) is 0 Å². The Bertz CT molecular complexity index is 929. The molecule has 31 heavy (non-hydrogen) atoms. The first-order valence-electron chi connectivity index (χ1n) is 10.9. The molecule has 3 aliphatic rings. The first kappa shape index (κ1) is 22.2. The van der Waals surface area contributed by atoms with Crippen LogP contribution in [0, 0.1) is 5.82 Å². The van der Waals surface area contributed by atoms with Crippen molar-refractivity contribution in [1.82, 2.24) is 19.4 Å². The van der Waals surface area contributed by atoms with Gasteiger partial charge in [0.2, 0.25) is 10.0 Å². The Morgan fingerprint density at radius 1 is 0.903 bits per heavy atom. The summed E-state index contributed by atoms with van der Waals surface area (Å²) in [6.07, 6.45) is 5.95. The van der Waals surface area contributed by atoms with Crippen LogP contribution in [-0.4, -0.2) is 72.8 Å². The molecule has 1 saturated carbocycles. The van der Waals surface area contributed by atoms with Gasteiger partial charge in [-0.05, 0) is 43.5 Å². The molecule has 0 unspecified atom stereocenters. The van der Waals surface area contributed by atoms with Crippen LogP contribution in [0.4, 0.5) is 9.18 Å². The summed E-state index contributed by atoms with van der Waals surface area (Å²) in [6.45, 7) is 1.73. The number of nitrogens with one attached hydrogen (secondary N) is 1. The van der Waals surface area contributed by atoms with Crippen LogP contribution in [0.1, 0.15) is 44.9 Å². The maximum absolute atomic E-state index is 13.2. The van der Waals surface area contributed by atoms with E-state index in [2.05, 4.69) is 5.32 Å². The van der Waals surface area contributed by atoms with Gasteiger partial charge in [-0.3, -0.25) is 9.69 Å². The number of rotatable bonds is 4. The van der Waals surface area contributed by atoms with Crippen molar-refractivity contribution >= 4 is 22.0 Å². The Balaban J connectivity index is 1.41. The van der Waals surface area contributed by atoms with Crippen molar-refractivity contribution in [1.29, 1.82) is 0 Å². The van der Waals surface area contributed by atoms with E-state index in [0.717, 1.165) is 37.8 Å².